The van der Waals surface area contributed by atoms with E-state index >= 15 is 0 Å². The Morgan fingerprint density at radius 3 is 2.08 bits per heavy atom. The molecule has 0 aromatic carbocycles. The average molecular weight is 174 g/mol. The minimum absolute atomic E-state index is 0.169. The molecule has 2 N–H and O–H groups in total. The highest BCUT2D eigenvalue weighted by molar-refractivity contribution is 4.91. The minimum atomic E-state index is -0.720. The van der Waals surface area contributed by atoms with E-state index in [-0.39, 0.29) is 6.61 Å². The normalized spacial score (nSPS) is 10.4. The van der Waals surface area contributed by atoms with Gasteiger partial charge in [-0.25, -0.2) is 0 Å². The summed E-state index contributed by atoms with van der Waals surface area (Å²) < 4.78 is 4.36. The van der Waals surface area contributed by atoms with Gasteiger partial charge in [-0.2, -0.15) is 0 Å². The first kappa shape index (κ1) is 13.8. The first-order chi connectivity index (χ1) is 5.54. The van der Waals surface area contributed by atoms with Gasteiger partial charge in [0.1, 0.15) is 0 Å². The lowest BCUT2D eigenvalue weighted by Crippen LogP contribution is -1.98. The highest BCUT2D eigenvalue weighted by Crippen LogP contribution is 1.83. The third kappa shape index (κ3) is 22.9. The van der Waals surface area contributed by atoms with E-state index in [1.807, 2.05) is 13.8 Å². The summed E-state index contributed by atoms with van der Waals surface area (Å²) >= 11 is 0. The molecule has 0 radical (unpaired) electrons. The number of aliphatic hydroxyl groups is 2. The summed E-state index contributed by atoms with van der Waals surface area (Å²) in [6.45, 7) is 8.81. The van der Waals surface area contributed by atoms with Crippen molar-refractivity contribution >= 4 is 0 Å². The molecule has 1 unspecified atom stereocenters. The number of hydrogen-bond acceptors (Lipinski definition) is 3. The van der Waals surface area contributed by atoms with Gasteiger partial charge in [0, 0.05) is 0 Å². The van der Waals surface area contributed by atoms with Crippen LogP contribution in [0.4, 0.5) is 0 Å². The fourth-order valence-corrected chi connectivity index (χ4v) is 0.322. The van der Waals surface area contributed by atoms with Crippen molar-refractivity contribution in [1.82, 2.24) is 0 Å². The van der Waals surface area contributed by atoms with E-state index in [1.54, 1.807) is 6.08 Å². The van der Waals surface area contributed by atoms with E-state index in [2.05, 4.69) is 11.3 Å². The number of aliphatic hydroxyl groups excluding tert-OH is 2. The minimum Gasteiger partial charge on any atom is -0.474 e. The quantitative estimate of drug-likeness (QED) is 0.386. The number of rotatable bonds is 3. The molecule has 0 bridgehead atoms. The largest absolute Gasteiger partial charge is 0.474 e. The molecular weight excluding hydrogens is 156 g/mol. The molecule has 0 saturated carbocycles. The van der Waals surface area contributed by atoms with E-state index in [4.69, 9.17) is 10.2 Å². The van der Waals surface area contributed by atoms with Crippen molar-refractivity contribution in [3.05, 3.63) is 24.5 Å². The van der Waals surface area contributed by atoms with Crippen molar-refractivity contribution < 1.29 is 14.9 Å². The third-order valence-electron chi connectivity index (χ3n) is 0.793. The van der Waals surface area contributed by atoms with Crippen LogP contribution in [0.5, 0.6) is 0 Å². The maximum atomic E-state index is 8.26. The molecule has 0 rings (SSSR count). The predicted molar refractivity (Wildman–Crippen MR) is 49.5 cm³/mol. The molecule has 0 amide bonds. The molecule has 72 valence electrons. The summed E-state index contributed by atoms with van der Waals surface area (Å²) in [7, 11) is 0. The first-order valence-corrected chi connectivity index (χ1v) is 3.73. The first-order valence-electron chi connectivity index (χ1n) is 3.73. The molecule has 12 heavy (non-hydrogen) atoms. The van der Waals surface area contributed by atoms with Gasteiger partial charge in [-0.15, -0.1) is 0 Å². The Balaban J connectivity index is 0. The second-order valence-electron chi connectivity index (χ2n) is 2.37. The standard InChI is InChI=1S/C5H10O.C4H8O2/c1-5(2)3-4-6;1-3-6-4(2)5/h3,6H,4H2,1-2H3;3-5H,1H2,2H3. The van der Waals surface area contributed by atoms with Gasteiger partial charge >= 0.3 is 0 Å². The molecule has 0 saturated heterocycles. The molecule has 0 aliphatic carbocycles. The van der Waals surface area contributed by atoms with Gasteiger partial charge in [0.2, 0.25) is 0 Å². The van der Waals surface area contributed by atoms with Crippen molar-refractivity contribution in [2.45, 2.75) is 27.1 Å². The summed E-state index contributed by atoms with van der Waals surface area (Å²) in [4.78, 5) is 0. The van der Waals surface area contributed by atoms with Crippen molar-refractivity contribution in [3.8, 4) is 0 Å². The SMILES string of the molecule is C=COC(C)O.CC(C)=CCO. The molecule has 0 heterocycles. The molecule has 0 aromatic rings. The van der Waals surface area contributed by atoms with Crippen LogP contribution >= 0.6 is 0 Å². The highest BCUT2D eigenvalue weighted by atomic mass is 16.6. The third-order valence-corrected chi connectivity index (χ3v) is 0.793. The van der Waals surface area contributed by atoms with E-state index in [9.17, 15) is 0 Å². The summed E-state index contributed by atoms with van der Waals surface area (Å²) in [5.74, 6) is 0. The summed E-state index contributed by atoms with van der Waals surface area (Å²) in [6, 6.07) is 0. The topological polar surface area (TPSA) is 49.7 Å². The van der Waals surface area contributed by atoms with Gasteiger partial charge < -0.3 is 14.9 Å². The highest BCUT2D eigenvalue weighted by Gasteiger charge is 1.82. The van der Waals surface area contributed by atoms with Crippen LogP contribution in [0.3, 0.4) is 0 Å². The molecule has 3 nitrogen and oxygen atoms in total. The lowest BCUT2D eigenvalue weighted by Gasteiger charge is -1.98. The van der Waals surface area contributed by atoms with Crippen LogP contribution in [0.25, 0.3) is 0 Å². The van der Waals surface area contributed by atoms with E-state index < -0.39 is 6.29 Å². The van der Waals surface area contributed by atoms with Gasteiger partial charge in [-0.3, -0.25) is 0 Å². The van der Waals surface area contributed by atoms with E-state index in [1.165, 1.54) is 13.2 Å². The van der Waals surface area contributed by atoms with Crippen LogP contribution in [0, 0.1) is 0 Å². The fraction of sp³-hybridized carbons (Fsp3) is 0.556. The Labute approximate surface area is 74.0 Å². The Hall–Kier alpha value is -0.800. The smallest absolute Gasteiger partial charge is 0.193 e. The second-order valence-corrected chi connectivity index (χ2v) is 2.37. The molecule has 0 aromatic heterocycles. The number of allylic oxidation sites excluding steroid dienone is 1. The molecule has 0 aliphatic heterocycles. The van der Waals surface area contributed by atoms with Crippen LogP contribution in [0.15, 0.2) is 24.5 Å². The molecule has 0 spiro atoms. The van der Waals surface area contributed by atoms with Gasteiger partial charge in [0.15, 0.2) is 6.29 Å². The van der Waals surface area contributed by atoms with Crippen molar-refractivity contribution in [1.29, 1.82) is 0 Å². The van der Waals surface area contributed by atoms with Crippen LogP contribution < -0.4 is 0 Å². The van der Waals surface area contributed by atoms with Gasteiger partial charge in [-0.05, 0) is 20.8 Å². The average Bonchev–Trinajstić information content (AvgIpc) is 1.87. The Morgan fingerprint density at radius 1 is 1.58 bits per heavy atom. The molecule has 0 aliphatic rings. The molecule has 3 heteroatoms. The van der Waals surface area contributed by atoms with Crippen molar-refractivity contribution in [3.63, 3.8) is 0 Å². The lowest BCUT2D eigenvalue weighted by atomic mass is 10.3. The van der Waals surface area contributed by atoms with Crippen LogP contribution in [-0.2, 0) is 4.74 Å². The summed E-state index contributed by atoms with van der Waals surface area (Å²) in [5.41, 5.74) is 1.16. The van der Waals surface area contributed by atoms with E-state index in [0.717, 1.165) is 5.57 Å². The second kappa shape index (κ2) is 10.2. The maximum Gasteiger partial charge on any atom is 0.193 e. The van der Waals surface area contributed by atoms with E-state index in [0.29, 0.717) is 0 Å². The molecular formula is C9H18O3. The van der Waals surface area contributed by atoms with Gasteiger partial charge in [0.05, 0.1) is 12.9 Å². The summed E-state index contributed by atoms with van der Waals surface area (Å²) in [6.07, 6.45) is 2.24. The van der Waals surface area contributed by atoms with Crippen molar-refractivity contribution in [2.24, 2.45) is 0 Å². The Bertz CT molecular complexity index is 124. The zero-order chi connectivity index (χ0) is 9.98. The van der Waals surface area contributed by atoms with Crippen LogP contribution in [-0.4, -0.2) is 23.1 Å². The summed E-state index contributed by atoms with van der Waals surface area (Å²) in [5, 5.41) is 16.4. The Kier molecular flexibility index (Phi) is 11.7. The molecule has 0 fully saturated rings. The van der Waals surface area contributed by atoms with Gasteiger partial charge in [-0.1, -0.05) is 18.2 Å². The maximum absolute atomic E-state index is 8.26. The zero-order valence-electron chi connectivity index (χ0n) is 7.95. The number of ether oxygens (including phenoxy) is 1. The molecule has 1 atom stereocenters. The van der Waals surface area contributed by atoms with Crippen LogP contribution in [0.1, 0.15) is 20.8 Å². The predicted octanol–water partition coefficient (Wildman–Crippen LogP) is 1.43. The van der Waals surface area contributed by atoms with Crippen molar-refractivity contribution in [2.75, 3.05) is 6.61 Å². The lowest BCUT2D eigenvalue weighted by molar-refractivity contribution is -0.0345. The van der Waals surface area contributed by atoms with Crippen LogP contribution in [0.2, 0.25) is 0 Å². The number of hydrogen-bond donors (Lipinski definition) is 2. The van der Waals surface area contributed by atoms with Gasteiger partial charge in [0.25, 0.3) is 0 Å². The monoisotopic (exact) mass is 174 g/mol. The zero-order valence-corrected chi connectivity index (χ0v) is 7.95. The Morgan fingerprint density at radius 2 is 2.08 bits per heavy atom. The fourth-order valence-electron chi connectivity index (χ4n) is 0.322.